The van der Waals surface area contributed by atoms with Crippen molar-refractivity contribution in [3.8, 4) is 0 Å². The van der Waals surface area contributed by atoms with Crippen LogP contribution in [0.3, 0.4) is 0 Å². The maximum Gasteiger partial charge on any atom is 0.220 e. The molecular formula is C27H49N3O4. The zero-order valence-electron chi connectivity index (χ0n) is 22.5. The van der Waals surface area contributed by atoms with E-state index in [-0.39, 0.29) is 40.0 Å². The zero-order valence-corrected chi connectivity index (χ0v) is 22.5. The summed E-state index contributed by atoms with van der Waals surface area (Å²) in [5, 5.41) is 17.4. The summed E-state index contributed by atoms with van der Waals surface area (Å²) in [5.74, 6) is 0.452. The van der Waals surface area contributed by atoms with Gasteiger partial charge in [-0.3, -0.25) is 14.5 Å². The highest BCUT2D eigenvalue weighted by Crippen LogP contribution is 2.63. The molecule has 2 aliphatic carbocycles. The number of morpholine rings is 1. The lowest BCUT2D eigenvalue weighted by atomic mass is 9.57. The van der Waals surface area contributed by atoms with Gasteiger partial charge in [0.1, 0.15) is 0 Å². The third-order valence-corrected chi connectivity index (χ3v) is 8.53. The number of fused-ring (bicyclic) bond motifs is 1. The smallest absolute Gasteiger partial charge is 0.220 e. The second-order valence-electron chi connectivity index (χ2n) is 13.3. The Morgan fingerprint density at radius 3 is 2.38 bits per heavy atom. The summed E-state index contributed by atoms with van der Waals surface area (Å²) in [7, 11) is 0. The van der Waals surface area contributed by atoms with Crippen LogP contribution in [0.4, 0.5) is 0 Å². The van der Waals surface area contributed by atoms with E-state index < -0.39 is 5.60 Å². The molecule has 1 saturated heterocycles. The van der Waals surface area contributed by atoms with Crippen molar-refractivity contribution in [2.24, 2.45) is 22.2 Å². The molecule has 3 rings (SSSR count). The highest BCUT2D eigenvalue weighted by atomic mass is 16.5. The minimum absolute atomic E-state index is 0.00308. The van der Waals surface area contributed by atoms with E-state index in [0.717, 1.165) is 58.5 Å². The van der Waals surface area contributed by atoms with Gasteiger partial charge < -0.3 is 20.5 Å². The maximum absolute atomic E-state index is 12.9. The molecule has 0 radical (unpaired) electrons. The first-order chi connectivity index (χ1) is 15.7. The van der Waals surface area contributed by atoms with Crippen LogP contribution in [0.25, 0.3) is 0 Å². The van der Waals surface area contributed by atoms with Crippen molar-refractivity contribution in [2.75, 3.05) is 39.4 Å². The van der Waals surface area contributed by atoms with Gasteiger partial charge in [0.25, 0.3) is 0 Å². The van der Waals surface area contributed by atoms with Gasteiger partial charge >= 0.3 is 0 Å². The lowest BCUT2D eigenvalue weighted by molar-refractivity contribution is -0.126. The molecule has 0 aromatic heterocycles. The van der Waals surface area contributed by atoms with Crippen molar-refractivity contribution >= 4 is 11.8 Å². The number of aliphatic hydroxyl groups is 1. The van der Waals surface area contributed by atoms with E-state index in [9.17, 15) is 14.7 Å². The fourth-order valence-corrected chi connectivity index (χ4v) is 6.77. The van der Waals surface area contributed by atoms with Crippen molar-refractivity contribution in [2.45, 2.75) is 98.1 Å². The summed E-state index contributed by atoms with van der Waals surface area (Å²) in [6, 6.07) is 0.0413. The molecule has 4 atom stereocenters. The number of hydrogen-bond donors (Lipinski definition) is 3. The SMILES string of the molecule is CC(C)(C)CC(=O)NC1CC(C)(C)C2CC(C)(O)CCC12CCC(=O)NCCN1CCOCC1. The number of nitrogens with zero attached hydrogens (tertiary/aromatic N) is 1. The van der Waals surface area contributed by atoms with E-state index in [1.807, 2.05) is 6.92 Å². The number of rotatable bonds is 8. The topological polar surface area (TPSA) is 90.9 Å². The summed E-state index contributed by atoms with van der Waals surface area (Å²) in [6.45, 7) is 17.6. The molecule has 34 heavy (non-hydrogen) atoms. The Morgan fingerprint density at radius 2 is 1.74 bits per heavy atom. The van der Waals surface area contributed by atoms with Crippen LogP contribution in [0.2, 0.25) is 0 Å². The highest BCUT2D eigenvalue weighted by Gasteiger charge is 2.61. The van der Waals surface area contributed by atoms with Crippen molar-refractivity contribution in [1.29, 1.82) is 0 Å². The monoisotopic (exact) mass is 479 g/mol. The molecule has 4 unspecified atom stereocenters. The van der Waals surface area contributed by atoms with Gasteiger partial charge in [0.2, 0.25) is 11.8 Å². The van der Waals surface area contributed by atoms with Gasteiger partial charge in [-0.25, -0.2) is 0 Å². The van der Waals surface area contributed by atoms with E-state index in [1.165, 1.54) is 0 Å². The molecular weight excluding hydrogens is 430 g/mol. The van der Waals surface area contributed by atoms with E-state index in [1.54, 1.807) is 0 Å². The average molecular weight is 480 g/mol. The van der Waals surface area contributed by atoms with Gasteiger partial charge in [0.15, 0.2) is 0 Å². The minimum atomic E-state index is -0.684. The molecule has 1 aliphatic heterocycles. The Kier molecular flexibility index (Phi) is 8.41. The summed E-state index contributed by atoms with van der Waals surface area (Å²) in [6.07, 6.45) is 4.88. The molecule has 0 bridgehead atoms. The summed E-state index contributed by atoms with van der Waals surface area (Å²) in [5.41, 5.74) is -0.907. The van der Waals surface area contributed by atoms with Crippen LogP contribution in [0.15, 0.2) is 0 Å². The van der Waals surface area contributed by atoms with Crippen molar-refractivity contribution in [1.82, 2.24) is 15.5 Å². The van der Waals surface area contributed by atoms with Crippen LogP contribution in [-0.4, -0.2) is 72.9 Å². The second-order valence-corrected chi connectivity index (χ2v) is 13.3. The quantitative estimate of drug-likeness (QED) is 0.498. The number of ether oxygens (including phenoxy) is 1. The van der Waals surface area contributed by atoms with E-state index in [4.69, 9.17) is 4.74 Å². The molecule has 2 amide bonds. The molecule has 7 nitrogen and oxygen atoms in total. The summed E-state index contributed by atoms with van der Waals surface area (Å²) >= 11 is 0. The first kappa shape index (κ1) is 27.4. The molecule has 196 valence electrons. The molecule has 7 heteroatoms. The van der Waals surface area contributed by atoms with Gasteiger partial charge in [0.05, 0.1) is 18.8 Å². The fraction of sp³-hybridized carbons (Fsp3) is 0.926. The lowest BCUT2D eigenvalue weighted by Gasteiger charge is -2.51. The van der Waals surface area contributed by atoms with E-state index in [0.29, 0.717) is 25.8 Å². The predicted molar refractivity (Wildman–Crippen MR) is 134 cm³/mol. The standard InChI is InChI=1S/C27H49N3O4/c1-24(2,3)19-23(32)29-21-18-25(4,5)20-17-26(6,33)9-10-27(20,21)8-7-22(31)28-11-12-30-13-15-34-16-14-30/h20-21,33H,7-19H2,1-6H3,(H,28,31)(H,29,32). The number of carbonyl (C=O) groups excluding carboxylic acids is 2. The number of hydrogen-bond acceptors (Lipinski definition) is 5. The van der Waals surface area contributed by atoms with Crippen LogP contribution >= 0.6 is 0 Å². The number of carbonyl (C=O) groups is 2. The normalized spacial score (nSPS) is 33.9. The zero-order chi connectivity index (χ0) is 25.2. The summed E-state index contributed by atoms with van der Waals surface area (Å²) in [4.78, 5) is 28.1. The Hall–Kier alpha value is -1.18. The first-order valence-electron chi connectivity index (χ1n) is 13.3. The van der Waals surface area contributed by atoms with Gasteiger partial charge in [-0.15, -0.1) is 0 Å². The van der Waals surface area contributed by atoms with Gasteiger partial charge in [-0.1, -0.05) is 34.6 Å². The molecule has 3 aliphatic rings. The Bertz CT molecular complexity index is 724. The van der Waals surface area contributed by atoms with Gasteiger partial charge in [-0.2, -0.15) is 0 Å². The Morgan fingerprint density at radius 1 is 1.06 bits per heavy atom. The van der Waals surface area contributed by atoms with Crippen molar-refractivity contribution in [3.63, 3.8) is 0 Å². The second kappa shape index (κ2) is 10.4. The first-order valence-corrected chi connectivity index (χ1v) is 13.3. The molecule has 0 spiro atoms. The average Bonchev–Trinajstić information content (AvgIpc) is 2.91. The number of amides is 2. The van der Waals surface area contributed by atoms with Crippen LogP contribution in [0.5, 0.6) is 0 Å². The van der Waals surface area contributed by atoms with Crippen LogP contribution in [0.1, 0.15) is 86.5 Å². The van der Waals surface area contributed by atoms with Crippen LogP contribution in [0, 0.1) is 22.2 Å². The molecule has 1 heterocycles. The summed E-state index contributed by atoms with van der Waals surface area (Å²) < 4.78 is 5.39. The van der Waals surface area contributed by atoms with Crippen molar-refractivity contribution in [3.05, 3.63) is 0 Å². The maximum atomic E-state index is 12.9. The molecule has 0 aromatic rings. The molecule has 3 fully saturated rings. The molecule has 2 saturated carbocycles. The minimum Gasteiger partial charge on any atom is -0.390 e. The Labute approximate surface area is 206 Å². The van der Waals surface area contributed by atoms with Crippen LogP contribution in [-0.2, 0) is 14.3 Å². The Balaban J connectivity index is 1.66. The van der Waals surface area contributed by atoms with Crippen molar-refractivity contribution < 1.29 is 19.4 Å². The highest BCUT2D eigenvalue weighted by molar-refractivity contribution is 5.77. The van der Waals surface area contributed by atoms with Crippen LogP contribution < -0.4 is 10.6 Å². The lowest BCUT2D eigenvalue weighted by Crippen LogP contribution is -2.53. The van der Waals surface area contributed by atoms with Gasteiger partial charge in [-0.05, 0) is 61.2 Å². The number of nitrogens with one attached hydrogen (secondary N) is 2. The molecule has 3 N–H and O–H groups in total. The third-order valence-electron chi connectivity index (χ3n) is 8.53. The third kappa shape index (κ3) is 6.94. The fourth-order valence-electron chi connectivity index (χ4n) is 6.77. The predicted octanol–water partition coefficient (Wildman–Crippen LogP) is 3.10. The van der Waals surface area contributed by atoms with E-state index in [2.05, 4.69) is 50.2 Å². The van der Waals surface area contributed by atoms with E-state index >= 15 is 0 Å². The van der Waals surface area contributed by atoms with Gasteiger partial charge in [0, 0.05) is 45.1 Å². The molecule has 0 aromatic carbocycles. The largest absolute Gasteiger partial charge is 0.390 e.